The Balaban J connectivity index is 2.02. The number of ether oxygens (including phenoxy) is 1. The molecule has 0 aromatic carbocycles. The quantitative estimate of drug-likeness (QED) is 0.794. The molecule has 0 aliphatic heterocycles. The van der Waals surface area contributed by atoms with Gasteiger partial charge in [0.2, 0.25) is 5.88 Å². The molecule has 0 radical (unpaired) electrons. The average molecular weight is 220 g/mol. The summed E-state index contributed by atoms with van der Waals surface area (Å²) in [7, 11) is 3.45. The first kappa shape index (κ1) is 10.3. The topological polar surface area (TPSA) is 77.8 Å². The summed E-state index contributed by atoms with van der Waals surface area (Å²) in [5.74, 6) is 2.04. The van der Waals surface area contributed by atoms with Gasteiger partial charge in [0, 0.05) is 13.1 Å². The Morgan fingerprint density at radius 3 is 3.00 bits per heavy atom. The van der Waals surface area contributed by atoms with E-state index in [1.807, 2.05) is 11.6 Å². The van der Waals surface area contributed by atoms with E-state index in [9.17, 15) is 0 Å². The summed E-state index contributed by atoms with van der Waals surface area (Å²) < 4.78 is 6.83. The molecule has 2 aromatic rings. The SMILES string of the molecule is COc1cc(NCc2nncn2C)ncn1. The van der Waals surface area contributed by atoms with Crippen molar-refractivity contribution in [3.63, 3.8) is 0 Å². The van der Waals surface area contributed by atoms with Crippen LogP contribution in [0.25, 0.3) is 0 Å². The maximum Gasteiger partial charge on any atom is 0.218 e. The van der Waals surface area contributed by atoms with E-state index in [4.69, 9.17) is 4.74 Å². The first-order valence-corrected chi connectivity index (χ1v) is 4.72. The van der Waals surface area contributed by atoms with E-state index in [0.717, 1.165) is 5.82 Å². The second-order valence-electron chi connectivity index (χ2n) is 3.16. The summed E-state index contributed by atoms with van der Waals surface area (Å²) in [6.45, 7) is 0.552. The lowest BCUT2D eigenvalue weighted by molar-refractivity contribution is 0.397. The van der Waals surface area contributed by atoms with Gasteiger partial charge in [-0.25, -0.2) is 9.97 Å². The van der Waals surface area contributed by atoms with Gasteiger partial charge in [-0.2, -0.15) is 0 Å². The predicted octanol–water partition coefficient (Wildman–Crippen LogP) is 0.226. The Bertz CT molecular complexity index is 469. The lowest BCUT2D eigenvalue weighted by Gasteiger charge is -2.05. The third-order valence-corrected chi connectivity index (χ3v) is 2.08. The Hall–Kier alpha value is -2.18. The summed E-state index contributed by atoms with van der Waals surface area (Å²) in [6, 6.07) is 1.72. The summed E-state index contributed by atoms with van der Waals surface area (Å²) in [4.78, 5) is 7.97. The molecule has 2 aromatic heterocycles. The monoisotopic (exact) mass is 220 g/mol. The zero-order valence-electron chi connectivity index (χ0n) is 9.08. The molecule has 0 bridgehead atoms. The number of anilines is 1. The summed E-state index contributed by atoms with van der Waals surface area (Å²) in [5, 5.41) is 10.8. The number of hydrogen-bond donors (Lipinski definition) is 1. The fraction of sp³-hybridized carbons (Fsp3) is 0.333. The van der Waals surface area contributed by atoms with Gasteiger partial charge in [-0.1, -0.05) is 0 Å². The van der Waals surface area contributed by atoms with Gasteiger partial charge in [0.05, 0.1) is 13.7 Å². The highest BCUT2D eigenvalue weighted by molar-refractivity contribution is 5.36. The fourth-order valence-corrected chi connectivity index (χ4v) is 1.18. The third kappa shape index (κ3) is 2.25. The van der Waals surface area contributed by atoms with E-state index in [0.29, 0.717) is 18.2 Å². The molecule has 7 nitrogen and oxygen atoms in total. The second-order valence-corrected chi connectivity index (χ2v) is 3.16. The zero-order chi connectivity index (χ0) is 11.4. The molecule has 7 heteroatoms. The fourth-order valence-electron chi connectivity index (χ4n) is 1.18. The van der Waals surface area contributed by atoms with Gasteiger partial charge in [-0.15, -0.1) is 10.2 Å². The van der Waals surface area contributed by atoms with Crippen molar-refractivity contribution >= 4 is 5.82 Å². The van der Waals surface area contributed by atoms with Gasteiger partial charge in [-0.05, 0) is 0 Å². The Morgan fingerprint density at radius 2 is 2.31 bits per heavy atom. The van der Waals surface area contributed by atoms with Crippen LogP contribution in [-0.4, -0.2) is 31.8 Å². The minimum Gasteiger partial charge on any atom is -0.481 e. The zero-order valence-corrected chi connectivity index (χ0v) is 9.08. The number of hydrogen-bond acceptors (Lipinski definition) is 6. The van der Waals surface area contributed by atoms with Crippen molar-refractivity contribution in [1.29, 1.82) is 0 Å². The van der Waals surface area contributed by atoms with Gasteiger partial charge in [0.1, 0.15) is 18.5 Å². The lowest BCUT2D eigenvalue weighted by Crippen LogP contribution is -2.07. The van der Waals surface area contributed by atoms with Crippen LogP contribution in [-0.2, 0) is 13.6 Å². The molecule has 0 aliphatic rings. The first-order valence-electron chi connectivity index (χ1n) is 4.72. The van der Waals surface area contributed by atoms with Crippen molar-refractivity contribution in [2.75, 3.05) is 12.4 Å². The normalized spacial score (nSPS) is 10.1. The van der Waals surface area contributed by atoms with E-state index in [-0.39, 0.29) is 0 Å². The van der Waals surface area contributed by atoms with E-state index >= 15 is 0 Å². The Morgan fingerprint density at radius 1 is 1.44 bits per heavy atom. The minimum absolute atomic E-state index is 0.524. The molecule has 0 unspecified atom stereocenters. The highest BCUT2D eigenvalue weighted by Crippen LogP contribution is 2.10. The maximum absolute atomic E-state index is 4.99. The van der Waals surface area contributed by atoms with Crippen LogP contribution in [0.4, 0.5) is 5.82 Å². The van der Waals surface area contributed by atoms with Crippen LogP contribution >= 0.6 is 0 Å². The molecule has 0 spiro atoms. The summed E-state index contributed by atoms with van der Waals surface area (Å²) in [6.07, 6.45) is 3.09. The summed E-state index contributed by atoms with van der Waals surface area (Å²) in [5.41, 5.74) is 0. The van der Waals surface area contributed by atoms with Gasteiger partial charge in [-0.3, -0.25) is 0 Å². The molecule has 2 rings (SSSR count). The van der Waals surface area contributed by atoms with Gasteiger partial charge >= 0.3 is 0 Å². The van der Waals surface area contributed by atoms with Gasteiger partial charge in [0.15, 0.2) is 5.82 Å². The van der Waals surface area contributed by atoms with E-state index in [1.165, 1.54) is 6.33 Å². The number of nitrogens with one attached hydrogen (secondary N) is 1. The predicted molar refractivity (Wildman–Crippen MR) is 56.9 cm³/mol. The van der Waals surface area contributed by atoms with Crippen molar-refractivity contribution in [1.82, 2.24) is 24.7 Å². The molecule has 1 N–H and O–H groups in total. The maximum atomic E-state index is 4.99. The number of nitrogens with zero attached hydrogens (tertiary/aromatic N) is 5. The van der Waals surface area contributed by atoms with Crippen LogP contribution in [0.1, 0.15) is 5.82 Å². The molecule has 0 saturated carbocycles. The van der Waals surface area contributed by atoms with Crippen LogP contribution in [0.2, 0.25) is 0 Å². The van der Waals surface area contributed by atoms with Crippen molar-refractivity contribution < 1.29 is 4.74 Å². The molecule has 16 heavy (non-hydrogen) atoms. The number of aryl methyl sites for hydroxylation is 1. The average Bonchev–Trinajstić information content (AvgIpc) is 2.72. The van der Waals surface area contributed by atoms with E-state index < -0.39 is 0 Å². The number of aromatic nitrogens is 5. The van der Waals surface area contributed by atoms with Crippen molar-refractivity contribution in [2.45, 2.75) is 6.54 Å². The molecule has 0 amide bonds. The van der Waals surface area contributed by atoms with Crippen molar-refractivity contribution in [2.24, 2.45) is 7.05 Å². The molecule has 84 valence electrons. The van der Waals surface area contributed by atoms with Crippen LogP contribution in [0.15, 0.2) is 18.7 Å². The Labute approximate surface area is 92.5 Å². The molecule has 0 aliphatic carbocycles. The van der Waals surface area contributed by atoms with Crippen LogP contribution in [0.5, 0.6) is 5.88 Å². The largest absolute Gasteiger partial charge is 0.481 e. The highest BCUT2D eigenvalue weighted by Gasteiger charge is 2.02. The summed E-state index contributed by atoms with van der Waals surface area (Å²) >= 11 is 0. The Kier molecular flexibility index (Phi) is 2.95. The van der Waals surface area contributed by atoms with Crippen molar-refractivity contribution in [3.8, 4) is 5.88 Å². The first-order chi connectivity index (χ1) is 7.79. The molecular formula is C9H12N6O. The van der Waals surface area contributed by atoms with Crippen LogP contribution in [0.3, 0.4) is 0 Å². The smallest absolute Gasteiger partial charge is 0.218 e. The highest BCUT2D eigenvalue weighted by atomic mass is 16.5. The van der Waals surface area contributed by atoms with Crippen LogP contribution < -0.4 is 10.1 Å². The van der Waals surface area contributed by atoms with Crippen LogP contribution in [0, 0.1) is 0 Å². The molecule has 0 saturated heterocycles. The molecular weight excluding hydrogens is 208 g/mol. The molecule has 2 heterocycles. The van der Waals surface area contributed by atoms with Gasteiger partial charge in [0.25, 0.3) is 0 Å². The van der Waals surface area contributed by atoms with E-state index in [2.05, 4.69) is 25.5 Å². The standard InChI is InChI=1S/C9H12N6O/c1-15-6-13-14-8(15)4-10-7-3-9(16-2)12-5-11-7/h3,5-6H,4H2,1-2H3,(H,10,11,12). The lowest BCUT2D eigenvalue weighted by atomic mass is 10.5. The minimum atomic E-state index is 0.524. The van der Waals surface area contributed by atoms with E-state index in [1.54, 1.807) is 19.5 Å². The number of rotatable bonds is 4. The third-order valence-electron chi connectivity index (χ3n) is 2.08. The van der Waals surface area contributed by atoms with Crippen molar-refractivity contribution in [3.05, 3.63) is 24.5 Å². The molecule has 0 atom stereocenters. The second kappa shape index (κ2) is 4.56. The molecule has 0 fully saturated rings. The number of methoxy groups -OCH3 is 1. The van der Waals surface area contributed by atoms with Gasteiger partial charge < -0.3 is 14.6 Å².